The zero-order chi connectivity index (χ0) is 20.7. The Hall–Kier alpha value is -2.81. The predicted molar refractivity (Wildman–Crippen MR) is 109 cm³/mol. The SMILES string of the molecule is CCNC(=O)OCc1cc(OC(=O)NCC)c(C(C)C)cc1-c1cc(=S)[nH][nH]1. The highest BCUT2D eigenvalue weighted by Crippen LogP contribution is 2.35. The van der Waals surface area contributed by atoms with Gasteiger partial charge in [0.25, 0.3) is 0 Å². The first-order valence-corrected chi connectivity index (χ1v) is 9.57. The molecule has 1 heterocycles. The fourth-order valence-electron chi connectivity index (χ4n) is 2.64. The molecule has 4 N–H and O–H groups in total. The molecule has 0 fully saturated rings. The van der Waals surface area contributed by atoms with Crippen LogP contribution in [0.2, 0.25) is 0 Å². The maximum absolute atomic E-state index is 12.0. The molecule has 0 spiro atoms. The van der Waals surface area contributed by atoms with Crippen LogP contribution < -0.4 is 15.4 Å². The Bertz CT molecular complexity index is 888. The van der Waals surface area contributed by atoms with Gasteiger partial charge in [0.2, 0.25) is 0 Å². The molecule has 1 aromatic heterocycles. The number of hydrogen-bond acceptors (Lipinski definition) is 5. The van der Waals surface area contributed by atoms with Gasteiger partial charge in [-0.15, -0.1) is 0 Å². The van der Waals surface area contributed by atoms with Gasteiger partial charge in [-0.05, 0) is 43.5 Å². The highest BCUT2D eigenvalue weighted by Gasteiger charge is 2.18. The Balaban J connectivity index is 2.48. The number of carbonyl (C=O) groups excluding carboxylic acids is 2. The number of amides is 2. The van der Waals surface area contributed by atoms with Crippen molar-refractivity contribution in [2.45, 2.75) is 40.2 Å². The summed E-state index contributed by atoms with van der Waals surface area (Å²) >= 11 is 5.15. The number of aromatic nitrogens is 2. The molecule has 0 aliphatic rings. The number of aromatic amines is 2. The fourth-order valence-corrected chi connectivity index (χ4v) is 2.81. The average Bonchev–Trinajstić information content (AvgIpc) is 3.06. The van der Waals surface area contributed by atoms with Crippen LogP contribution in [0, 0.1) is 4.64 Å². The summed E-state index contributed by atoms with van der Waals surface area (Å²) in [5, 5.41) is 11.1. The lowest BCUT2D eigenvalue weighted by molar-refractivity contribution is 0.140. The first-order chi connectivity index (χ1) is 13.3. The molecule has 2 amide bonds. The maximum atomic E-state index is 12.0. The summed E-state index contributed by atoms with van der Waals surface area (Å²) in [7, 11) is 0. The topological polar surface area (TPSA) is 108 Å². The third kappa shape index (κ3) is 5.59. The van der Waals surface area contributed by atoms with Gasteiger partial charge in [-0.3, -0.25) is 10.2 Å². The Morgan fingerprint density at radius 1 is 1.07 bits per heavy atom. The summed E-state index contributed by atoms with van der Waals surface area (Å²) in [6, 6.07) is 5.43. The zero-order valence-corrected chi connectivity index (χ0v) is 17.3. The van der Waals surface area contributed by atoms with Crippen LogP contribution >= 0.6 is 12.2 Å². The van der Waals surface area contributed by atoms with Crippen molar-refractivity contribution in [1.29, 1.82) is 0 Å². The molecule has 152 valence electrons. The van der Waals surface area contributed by atoms with Crippen molar-refractivity contribution < 1.29 is 19.1 Å². The largest absolute Gasteiger partial charge is 0.445 e. The van der Waals surface area contributed by atoms with E-state index in [2.05, 4.69) is 20.8 Å². The van der Waals surface area contributed by atoms with E-state index in [1.165, 1.54) is 0 Å². The molecule has 2 rings (SSSR count). The monoisotopic (exact) mass is 406 g/mol. The lowest BCUT2D eigenvalue weighted by atomic mass is 9.94. The lowest BCUT2D eigenvalue weighted by Crippen LogP contribution is -2.27. The molecule has 2 aromatic rings. The van der Waals surface area contributed by atoms with Gasteiger partial charge < -0.3 is 20.1 Å². The third-order valence-electron chi connectivity index (χ3n) is 3.95. The molecule has 8 nitrogen and oxygen atoms in total. The lowest BCUT2D eigenvalue weighted by Gasteiger charge is -2.18. The molecule has 28 heavy (non-hydrogen) atoms. The standard InChI is InChI=1S/C19H26N4O4S/c1-5-20-18(24)26-10-12-7-16(27-19(25)21-6-2)13(11(3)4)8-14(12)15-9-17(28)23-22-15/h7-9,11H,5-6,10H2,1-4H3,(H,20,24)(H,21,25)(H2,22,23,28). The van der Waals surface area contributed by atoms with Crippen LogP contribution in [0.15, 0.2) is 18.2 Å². The van der Waals surface area contributed by atoms with Crippen molar-refractivity contribution in [3.8, 4) is 17.0 Å². The molecule has 0 unspecified atom stereocenters. The van der Waals surface area contributed by atoms with E-state index in [4.69, 9.17) is 21.7 Å². The van der Waals surface area contributed by atoms with Crippen molar-refractivity contribution in [1.82, 2.24) is 20.8 Å². The molecule has 0 saturated carbocycles. The number of alkyl carbamates (subject to hydrolysis) is 1. The second-order valence-electron chi connectivity index (χ2n) is 6.40. The minimum Gasteiger partial charge on any atom is -0.445 e. The van der Waals surface area contributed by atoms with Gasteiger partial charge in [-0.25, -0.2) is 9.59 Å². The van der Waals surface area contributed by atoms with Crippen LogP contribution in [0.4, 0.5) is 9.59 Å². The Morgan fingerprint density at radius 3 is 2.32 bits per heavy atom. The molecule has 0 aliphatic heterocycles. The van der Waals surface area contributed by atoms with Gasteiger partial charge in [-0.1, -0.05) is 26.1 Å². The number of benzene rings is 1. The second-order valence-corrected chi connectivity index (χ2v) is 6.84. The van der Waals surface area contributed by atoms with E-state index < -0.39 is 12.2 Å². The molecule has 9 heteroatoms. The number of rotatable bonds is 7. The molecule has 0 bridgehead atoms. The highest BCUT2D eigenvalue weighted by molar-refractivity contribution is 7.71. The van der Waals surface area contributed by atoms with Gasteiger partial charge in [0, 0.05) is 24.2 Å². The molecular formula is C19H26N4O4S. The van der Waals surface area contributed by atoms with Crippen molar-refractivity contribution >= 4 is 24.4 Å². The minimum atomic E-state index is -0.534. The number of hydrogen-bond donors (Lipinski definition) is 4. The van der Waals surface area contributed by atoms with E-state index in [1.807, 2.05) is 33.8 Å². The van der Waals surface area contributed by atoms with E-state index in [0.29, 0.717) is 29.0 Å². The number of H-pyrrole nitrogens is 2. The van der Waals surface area contributed by atoms with Crippen LogP contribution in [0.1, 0.15) is 44.7 Å². The van der Waals surface area contributed by atoms with Crippen molar-refractivity contribution in [2.75, 3.05) is 13.1 Å². The third-order valence-corrected chi connectivity index (χ3v) is 4.17. The highest BCUT2D eigenvalue weighted by atomic mass is 32.1. The van der Waals surface area contributed by atoms with E-state index in [1.54, 1.807) is 12.1 Å². The van der Waals surface area contributed by atoms with Gasteiger partial charge in [0.1, 0.15) is 17.0 Å². The van der Waals surface area contributed by atoms with Crippen molar-refractivity contribution in [3.05, 3.63) is 34.0 Å². The van der Waals surface area contributed by atoms with Crippen LogP contribution in [-0.2, 0) is 11.3 Å². The van der Waals surface area contributed by atoms with E-state index >= 15 is 0 Å². The maximum Gasteiger partial charge on any atom is 0.412 e. The van der Waals surface area contributed by atoms with E-state index in [0.717, 1.165) is 16.8 Å². The Labute approximate surface area is 169 Å². The van der Waals surface area contributed by atoms with Crippen molar-refractivity contribution in [3.63, 3.8) is 0 Å². The minimum absolute atomic E-state index is 0.0110. The first-order valence-electron chi connectivity index (χ1n) is 9.16. The van der Waals surface area contributed by atoms with Gasteiger partial charge in [0.05, 0.1) is 5.69 Å². The summed E-state index contributed by atoms with van der Waals surface area (Å²) in [6.45, 7) is 8.57. The number of ether oxygens (including phenoxy) is 2. The van der Waals surface area contributed by atoms with Gasteiger partial charge in [0.15, 0.2) is 0 Å². The summed E-state index contributed by atoms with van der Waals surface area (Å²) in [6.07, 6.45) is -1.05. The molecule has 0 radical (unpaired) electrons. The smallest absolute Gasteiger partial charge is 0.412 e. The van der Waals surface area contributed by atoms with Crippen molar-refractivity contribution in [2.24, 2.45) is 0 Å². The van der Waals surface area contributed by atoms with Gasteiger partial charge in [-0.2, -0.15) is 0 Å². The fraction of sp³-hybridized carbons (Fsp3) is 0.421. The van der Waals surface area contributed by atoms with E-state index in [9.17, 15) is 9.59 Å². The van der Waals surface area contributed by atoms with Gasteiger partial charge >= 0.3 is 12.2 Å². The average molecular weight is 407 g/mol. The molecular weight excluding hydrogens is 380 g/mol. The zero-order valence-electron chi connectivity index (χ0n) is 16.5. The molecule has 0 aliphatic carbocycles. The second kappa shape index (κ2) is 9.93. The summed E-state index contributed by atoms with van der Waals surface area (Å²) in [5.41, 5.74) is 3.10. The molecule has 1 aromatic carbocycles. The summed E-state index contributed by atoms with van der Waals surface area (Å²) < 4.78 is 11.3. The quantitative estimate of drug-likeness (QED) is 0.515. The van der Waals surface area contributed by atoms with Crippen LogP contribution in [0.25, 0.3) is 11.3 Å². The van der Waals surface area contributed by atoms with Crippen LogP contribution in [-0.4, -0.2) is 35.5 Å². The van der Waals surface area contributed by atoms with Crippen LogP contribution in [0.5, 0.6) is 5.75 Å². The molecule has 0 atom stereocenters. The Morgan fingerprint density at radius 2 is 1.75 bits per heavy atom. The van der Waals surface area contributed by atoms with Crippen LogP contribution in [0.3, 0.4) is 0 Å². The molecule has 0 saturated heterocycles. The number of carbonyl (C=O) groups is 2. The summed E-state index contributed by atoms with van der Waals surface area (Å²) in [4.78, 5) is 23.7. The summed E-state index contributed by atoms with van der Waals surface area (Å²) in [5.74, 6) is 0.525. The predicted octanol–water partition coefficient (Wildman–Crippen LogP) is 4.22. The first kappa shape index (κ1) is 21.5. The Kier molecular flexibility index (Phi) is 7.62. The van der Waals surface area contributed by atoms with E-state index in [-0.39, 0.29) is 12.5 Å². The normalized spacial score (nSPS) is 10.6. The number of nitrogens with one attached hydrogen (secondary N) is 4.